The molecule has 134 valence electrons. The number of aromatic nitrogens is 4. The van der Waals surface area contributed by atoms with E-state index in [1.807, 2.05) is 0 Å². The van der Waals surface area contributed by atoms with Crippen LogP contribution >= 0.6 is 15.0 Å². The van der Waals surface area contributed by atoms with E-state index >= 15 is 0 Å². The molecule has 0 radical (unpaired) electrons. The lowest BCUT2D eigenvalue weighted by Gasteiger charge is -2.28. The zero-order chi connectivity index (χ0) is 18.2. The van der Waals surface area contributed by atoms with Gasteiger partial charge >= 0.3 is 7.60 Å². The SMILES string of the molecule is CC(O)(P(=O)(O)O)P(=O)(O)COCCn1cnc2c(N)ncnc21. The third-order valence-corrected chi connectivity index (χ3v) is 8.07. The summed E-state index contributed by atoms with van der Waals surface area (Å²) in [6, 6.07) is 0. The van der Waals surface area contributed by atoms with E-state index in [2.05, 4.69) is 15.0 Å². The first-order chi connectivity index (χ1) is 11.0. The van der Waals surface area contributed by atoms with Gasteiger partial charge in [-0.15, -0.1) is 0 Å². The normalized spacial score (nSPS) is 17.5. The zero-order valence-corrected chi connectivity index (χ0v) is 14.3. The maximum atomic E-state index is 11.9. The van der Waals surface area contributed by atoms with Gasteiger partial charge < -0.3 is 34.8 Å². The molecule has 0 aliphatic rings. The second kappa shape index (κ2) is 6.49. The highest BCUT2D eigenvalue weighted by molar-refractivity contribution is 7.74. The summed E-state index contributed by atoms with van der Waals surface area (Å²) in [5.74, 6) is 0.206. The number of ether oxygens (including phenoxy) is 1. The molecule has 0 saturated heterocycles. The highest BCUT2D eigenvalue weighted by Gasteiger charge is 2.55. The molecule has 0 bridgehead atoms. The van der Waals surface area contributed by atoms with E-state index in [9.17, 15) is 19.1 Å². The highest BCUT2D eigenvalue weighted by atomic mass is 31.2. The minimum atomic E-state index is -5.21. The Bertz CT molecular complexity index is 832. The van der Waals surface area contributed by atoms with Crippen LogP contribution < -0.4 is 5.73 Å². The van der Waals surface area contributed by atoms with Crippen LogP contribution in [0.15, 0.2) is 12.7 Å². The van der Waals surface area contributed by atoms with Gasteiger partial charge in [0.2, 0.25) is 5.08 Å². The Labute approximate surface area is 135 Å². The number of aliphatic hydroxyl groups is 1. The molecule has 2 atom stereocenters. The van der Waals surface area contributed by atoms with Gasteiger partial charge in [0.25, 0.3) is 7.37 Å². The standard InChI is InChI=1S/C10H17N5O7P2/c1-10(16,24(19,20)21)23(17,18)6-22-3-2-15-5-14-7-8(11)12-4-13-9(7)15/h4-5,16H,2-3,6H2,1H3,(H,17,18)(H2,11,12,13)(H2,19,20,21). The second-order valence-electron chi connectivity index (χ2n) is 5.12. The summed E-state index contributed by atoms with van der Waals surface area (Å²) in [6.07, 6.45) is 1.77. The van der Waals surface area contributed by atoms with Crippen molar-refractivity contribution >= 4 is 31.9 Å². The maximum absolute atomic E-state index is 11.9. The van der Waals surface area contributed by atoms with E-state index in [0.29, 0.717) is 18.1 Å². The number of nitrogens with zero attached hydrogens (tertiary/aromatic N) is 4. The molecule has 14 heteroatoms. The minimum absolute atomic E-state index is 0.0862. The molecule has 0 spiro atoms. The Balaban J connectivity index is 1.99. The summed E-state index contributed by atoms with van der Waals surface area (Å²) >= 11 is 0. The summed E-state index contributed by atoms with van der Waals surface area (Å²) < 4.78 is 29.6. The molecule has 6 N–H and O–H groups in total. The van der Waals surface area contributed by atoms with Gasteiger partial charge in [-0.05, 0) is 6.92 Å². The first kappa shape index (κ1) is 18.9. The first-order valence-electron chi connectivity index (χ1n) is 6.56. The van der Waals surface area contributed by atoms with Gasteiger partial charge in [0.1, 0.15) is 18.2 Å². The summed E-state index contributed by atoms with van der Waals surface area (Å²) in [6.45, 7) is 0.698. The second-order valence-corrected chi connectivity index (χ2v) is 9.97. The Hall–Kier alpha value is -1.39. The molecule has 0 saturated carbocycles. The van der Waals surface area contributed by atoms with Gasteiger partial charge in [-0.2, -0.15) is 0 Å². The number of imidazole rings is 1. The van der Waals surface area contributed by atoms with Crippen molar-refractivity contribution in [1.29, 1.82) is 0 Å². The molecule has 0 amide bonds. The average molecular weight is 381 g/mol. The molecule has 2 aromatic heterocycles. The van der Waals surface area contributed by atoms with Crippen LogP contribution in [0.3, 0.4) is 0 Å². The van der Waals surface area contributed by atoms with E-state index in [1.54, 1.807) is 4.57 Å². The van der Waals surface area contributed by atoms with E-state index in [4.69, 9.17) is 20.3 Å². The topological polar surface area (TPSA) is 194 Å². The lowest BCUT2D eigenvalue weighted by molar-refractivity contribution is 0.129. The van der Waals surface area contributed by atoms with Gasteiger partial charge in [0.05, 0.1) is 12.9 Å². The molecule has 0 aliphatic heterocycles. The average Bonchev–Trinajstić information content (AvgIpc) is 2.87. The number of fused-ring (bicyclic) bond motifs is 1. The van der Waals surface area contributed by atoms with E-state index in [-0.39, 0.29) is 19.0 Å². The van der Waals surface area contributed by atoms with Crippen LogP contribution in [-0.4, -0.2) is 57.3 Å². The number of hydrogen-bond acceptors (Lipinski definition) is 8. The quantitative estimate of drug-likeness (QED) is 0.306. The highest BCUT2D eigenvalue weighted by Crippen LogP contribution is 2.69. The predicted octanol–water partition coefficient (Wildman–Crippen LogP) is -0.503. The lowest BCUT2D eigenvalue weighted by atomic mass is 10.5. The fraction of sp³-hybridized carbons (Fsp3) is 0.500. The number of rotatable bonds is 7. The van der Waals surface area contributed by atoms with Crippen LogP contribution in [0.2, 0.25) is 0 Å². The molecule has 2 aromatic rings. The number of hydrogen-bond donors (Lipinski definition) is 5. The van der Waals surface area contributed by atoms with Crippen molar-refractivity contribution in [3.8, 4) is 0 Å². The Kier molecular flexibility index (Phi) is 5.12. The Morgan fingerprint density at radius 2 is 1.96 bits per heavy atom. The largest absolute Gasteiger partial charge is 0.382 e. The predicted molar refractivity (Wildman–Crippen MR) is 83.0 cm³/mol. The molecule has 0 aliphatic carbocycles. The molecule has 12 nitrogen and oxygen atoms in total. The van der Waals surface area contributed by atoms with E-state index in [0.717, 1.165) is 0 Å². The Morgan fingerprint density at radius 3 is 2.58 bits per heavy atom. The fourth-order valence-corrected chi connectivity index (χ4v) is 4.16. The summed E-state index contributed by atoms with van der Waals surface area (Å²) in [7, 11) is -9.89. The van der Waals surface area contributed by atoms with Crippen molar-refractivity contribution < 1.29 is 33.7 Å². The van der Waals surface area contributed by atoms with Crippen LogP contribution in [0, 0.1) is 0 Å². The lowest BCUT2D eigenvalue weighted by Crippen LogP contribution is -2.26. The van der Waals surface area contributed by atoms with Gasteiger partial charge in [-0.3, -0.25) is 9.13 Å². The van der Waals surface area contributed by atoms with Gasteiger partial charge in [0.15, 0.2) is 11.5 Å². The third kappa shape index (κ3) is 3.50. The molecular formula is C10H17N5O7P2. The van der Waals surface area contributed by atoms with Crippen molar-refractivity contribution in [1.82, 2.24) is 19.5 Å². The van der Waals surface area contributed by atoms with Gasteiger partial charge in [0, 0.05) is 6.54 Å². The van der Waals surface area contributed by atoms with Crippen molar-refractivity contribution in [2.24, 2.45) is 0 Å². The smallest absolute Gasteiger partial charge is 0.366 e. The monoisotopic (exact) mass is 381 g/mol. The third-order valence-electron chi connectivity index (χ3n) is 3.39. The van der Waals surface area contributed by atoms with Crippen LogP contribution in [-0.2, 0) is 20.4 Å². The summed E-state index contributed by atoms with van der Waals surface area (Å²) in [4.78, 5) is 39.4. The minimum Gasteiger partial charge on any atom is -0.382 e. The van der Waals surface area contributed by atoms with E-state index < -0.39 is 26.4 Å². The molecule has 24 heavy (non-hydrogen) atoms. The van der Waals surface area contributed by atoms with Crippen LogP contribution in [0.5, 0.6) is 0 Å². The fourth-order valence-electron chi connectivity index (χ4n) is 1.74. The molecule has 0 aromatic carbocycles. The maximum Gasteiger partial charge on any atom is 0.366 e. The van der Waals surface area contributed by atoms with Crippen LogP contribution in [0.4, 0.5) is 5.82 Å². The molecule has 2 rings (SSSR count). The van der Waals surface area contributed by atoms with Gasteiger partial charge in [-0.1, -0.05) is 0 Å². The van der Waals surface area contributed by atoms with Gasteiger partial charge in [-0.25, -0.2) is 15.0 Å². The zero-order valence-electron chi connectivity index (χ0n) is 12.6. The number of anilines is 1. The first-order valence-corrected chi connectivity index (χ1v) is 10.0. The molecule has 2 heterocycles. The Morgan fingerprint density at radius 1 is 1.29 bits per heavy atom. The van der Waals surface area contributed by atoms with Crippen molar-refractivity contribution in [3.05, 3.63) is 12.7 Å². The molecular weight excluding hydrogens is 364 g/mol. The summed E-state index contributed by atoms with van der Waals surface area (Å²) in [5, 5.41) is 6.55. The van der Waals surface area contributed by atoms with Crippen molar-refractivity contribution in [2.45, 2.75) is 18.6 Å². The van der Waals surface area contributed by atoms with Crippen LogP contribution in [0.1, 0.15) is 6.92 Å². The number of nitrogen functional groups attached to an aromatic ring is 1. The molecule has 2 unspecified atom stereocenters. The van der Waals surface area contributed by atoms with Crippen LogP contribution in [0.25, 0.3) is 11.2 Å². The number of nitrogens with two attached hydrogens (primary N) is 1. The summed E-state index contributed by atoms with van der Waals surface area (Å²) in [5.41, 5.74) is 6.48. The van der Waals surface area contributed by atoms with E-state index in [1.165, 1.54) is 12.7 Å². The van der Waals surface area contributed by atoms with Crippen molar-refractivity contribution in [3.63, 3.8) is 0 Å². The molecule has 0 fully saturated rings. The van der Waals surface area contributed by atoms with Crippen molar-refractivity contribution in [2.75, 3.05) is 18.7 Å².